The summed E-state index contributed by atoms with van der Waals surface area (Å²) in [7, 11) is 1.73. The second-order valence-corrected chi connectivity index (χ2v) is 10.5. The highest BCUT2D eigenvalue weighted by Crippen LogP contribution is 2.75. The Labute approximate surface area is 178 Å². The van der Waals surface area contributed by atoms with Gasteiger partial charge in [0.25, 0.3) is 0 Å². The van der Waals surface area contributed by atoms with Crippen LogP contribution in [-0.4, -0.2) is 58.7 Å². The number of nitrogens with zero attached hydrogens (tertiary/aromatic N) is 1. The molecule has 0 aromatic heterocycles. The van der Waals surface area contributed by atoms with Crippen molar-refractivity contribution in [2.24, 2.45) is 11.3 Å². The van der Waals surface area contributed by atoms with Crippen LogP contribution >= 0.6 is 0 Å². The molecule has 1 aromatic carbocycles. The normalized spacial score (nSPS) is 42.7. The van der Waals surface area contributed by atoms with Crippen molar-refractivity contribution in [1.82, 2.24) is 4.90 Å². The number of ether oxygens (including phenoxy) is 2. The molecule has 0 amide bonds. The Kier molecular flexibility index (Phi) is 3.47. The summed E-state index contributed by atoms with van der Waals surface area (Å²) in [6.45, 7) is 9.60. The van der Waals surface area contributed by atoms with Crippen molar-refractivity contribution < 1.29 is 19.7 Å². The van der Waals surface area contributed by atoms with E-state index in [2.05, 4.69) is 29.7 Å². The van der Waals surface area contributed by atoms with Crippen LogP contribution in [0.4, 0.5) is 0 Å². The average Bonchev–Trinajstić information content (AvgIpc) is 3.08. The van der Waals surface area contributed by atoms with E-state index < -0.39 is 11.2 Å². The van der Waals surface area contributed by atoms with E-state index >= 15 is 0 Å². The van der Waals surface area contributed by atoms with Crippen molar-refractivity contribution in [1.29, 1.82) is 0 Å². The number of rotatable bonds is 4. The van der Waals surface area contributed by atoms with Crippen molar-refractivity contribution in [3.05, 3.63) is 48.1 Å². The van der Waals surface area contributed by atoms with E-state index in [1.165, 1.54) is 11.1 Å². The van der Waals surface area contributed by atoms with Gasteiger partial charge in [-0.2, -0.15) is 0 Å². The molecule has 1 aromatic rings. The van der Waals surface area contributed by atoms with Crippen molar-refractivity contribution >= 4 is 0 Å². The molecule has 2 heterocycles. The minimum atomic E-state index is -0.923. The molecular weight excluding hydrogens is 378 g/mol. The van der Waals surface area contributed by atoms with Crippen LogP contribution in [0.5, 0.6) is 11.5 Å². The van der Waals surface area contributed by atoms with Crippen LogP contribution < -0.4 is 4.74 Å². The molecule has 0 radical (unpaired) electrons. The number of methoxy groups -OCH3 is 1. The molecule has 2 spiro atoms. The molecule has 6 aliphatic rings. The van der Waals surface area contributed by atoms with Gasteiger partial charge in [-0.05, 0) is 51.3 Å². The van der Waals surface area contributed by atoms with Gasteiger partial charge in [0.05, 0.1) is 11.0 Å². The van der Waals surface area contributed by atoms with Gasteiger partial charge < -0.3 is 19.7 Å². The summed E-state index contributed by atoms with van der Waals surface area (Å²) in [6.07, 6.45) is 9.00. The van der Waals surface area contributed by atoms with Crippen molar-refractivity contribution in [3.8, 4) is 11.5 Å². The van der Waals surface area contributed by atoms with E-state index in [0.29, 0.717) is 11.8 Å². The third-order valence-corrected chi connectivity index (χ3v) is 9.13. The molecule has 30 heavy (non-hydrogen) atoms. The van der Waals surface area contributed by atoms with Crippen molar-refractivity contribution in [2.75, 3.05) is 20.2 Å². The first kappa shape index (κ1) is 18.9. The van der Waals surface area contributed by atoms with Gasteiger partial charge in [-0.25, -0.2) is 0 Å². The van der Waals surface area contributed by atoms with Gasteiger partial charge in [-0.1, -0.05) is 24.3 Å². The number of phenols is 1. The maximum Gasteiger partial charge on any atom is 0.165 e. The fourth-order valence-corrected chi connectivity index (χ4v) is 8.11. The first-order valence-corrected chi connectivity index (χ1v) is 11.1. The van der Waals surface area contributed by atoms with Gasteiger partial charge >= 0.3 is 0 Å². The van der Waals surface area contributed by atoms with Crippen LogP contribution in [0.3, 0.4) is 0 Å². The number of phenolic OH excluding ortho intramolecular Hbond substituents is 1. The van der Waals surface area contributed by atoms with Crippen molar-refractivity contribution in [2.45, 2.75) is 61.9 Å². The van der Waals surface area contributed by atoms with Crippen LogP contribution in [0.15, 0.2) is 36.9 Å². The lowest BCUT2D eigenvalue weighted by Gasteiger charge is -2.72. The van der Waals surface area contributed by atoms with E-state index in [-0.39, 0.29) is 28.6 Å². The standard InChI is InChI=1S/C25H31NO4/c1-5-11-26-12-10-24-19-15-6-7-16(27)20(19)30-21(24)25(29-4)9-8-23(24,18(26)13-15)14-17(25)22(2,3)28/h5-9,17-18,21,27-28H,1,10-14H2,2-4H3/t17?,18-,21-,23-,24+,25-/m1/s1. The lowest BCUT2D eigenvalue weighted by Crippen LogP contribution is -2.80. The van der Waals surface area contributed by atoms with E-state index in [4.69, 9.17) is 9.47 Å². The van der Waals surface area contributed by atoms with E-state index in [0.717, 1.165) is 32.4 Å². The maximum atomic E-state index is 11.3. The molecule has 1 unspecified atom stereocenters. The third kappa shape index (κ3) is 1.79. The highest BCUT2D eigenvalue weighted by atomic mass is 16.6. The monoisotopic (exact) mass is 409 g/mol. The average molecular weight is 410 g/mol. The predicted molar refractivity (Wildman–Crippen MR) is 114 cm³/mol. The molecule has 4 aliphatic carbocycles. The Morgan fingerprint density at radius 2 is 2.17 bits per heavy atom. The summed E-state index contributed by atoms with van der Waals surface area (Å²) in [5.74, 6) is 0.742. The van der Waals surface area contributed by atoms with E-state index in [1.807, 2.05) is 19.9 Å². The Morgan fingerprint density at radius 1 is 1.37 bits per heavy atom. The summed E-state index contributed by atoms with van der Waals surface area (Å²) < 4.78 is 13.0. The molecule has 1 saturated carbocycles. The number of piperidine rings is 1. The molecule has 4 bridgehead atoms. The molecule has 5 heteroatoms. The van der Waals surface area contributed by atoms with Crippen LogP contribution in [0.1, 0.15) is 37.8 Å². The van der Waals surface area contributed by atoms with Crippen LogP contribution in [0, 0.1) is 11.3 Å². The van der Waals surface area contributed by atoms with Crippen LogP contribution in [0.2, 0.25) is 0 Å². The van der Waals surface area contributed by atoms with Gasteiger partial charge in [0.2, 0.25) is 0 Å². The predicted octanol–water partition coefficient (Wildman–Crippen LogP) is 2.94. The molecule has 5 nitrogen and oxygen atoms in total. The van der Waals surface area contributed by atoms with Gasteiger partial charge in [-0.15, -0.1) is 6.58 Å². The minimum absolute atomic E-state index is 0.109. The lowest BCUT2D eigenvalue weighted by atomic mass is 9.36. The third-order valence-electron chi connectivity index (χ3n) is 9.13. The fourth-order valence-electron chi connectivity index (χ4n) is 8.11. The van der Waals surface area contributed by atoms with Gasteiger partial charge in [0.1, 0.15) is 11.7 Å². The second kappa shape index (κ2) is 5.50. The fraction of sp³-hybridized carbons (Fsp3) is 0.600. The van der Waals surface area contributed by atoms with Crippen LogP contribution in [-0.2, 0) is 16.6 Å². The zero-order valence-electron chi connectivity index (χ0n) is 18.0. The first-order valence-electron chi connectivity index (χ1n) is 11.1. The van der Waals surface area contributed by atoms with Gasteiger partial charge in [-0.3, -0.25) is 4.90 Å². The number of hydrogen-bond acceptors (Lipinski definition) is 5. The Balaban J connectivity index is 1.68. The second-order valence-electron chi connectivity index (χ2n) is 10.5. The zero-order valence-corrected chi connectivity index (χ0v) is 18.0. The molecule has 160 valence electrons. The number of likely N-dealkylation sites (tertiary alicyclic amines) is 1. The number of aliphatic hydroxyl groups is 1. The van der Waals surface area contributed by atoms with Gasteiger partial charge in [0.15, 0.2) is 11.5 Å². The molecule has 2 aliphatic heterocycles. The maximum absolute atomic E-state index is 11.3. The van der Waals surface area contributed by atoms with Gasteiger partial charge in [0, 0.05) is 36.6 Å². The SMILES string of the molecule is C=CCN1CC[C@]23c4c5ccc(O)c4O[C@H]2[C@@]2(OC)C=C[C@@]3(CC2C(C)(C)O)[C@H]1C5. The summed E-state index contributed by atoms with van der Waals surface area (Å²) in [6, 6.07) is 4.16. The molecule has 2 fully saturated rings. The smallest absolute Gasteiger partial charge is 0.165 e. The first-order chi connectivity index (χ1) is 14.2. The quantitative estimate of drug-likeness (QED) is 0.749. The Hall–Kier alpha value is -1.82. The Morgan fingerprint density at radius 3 is 2.87 bits per heavy atom. The molecular formula is C25H31NO4. The number of aromatic hydroxyl groups is 1. The Bertz CT molecular complexity index is 980. The molecule has 7 rings (SSSR count). The summed E-state index contributed by atoms with van der Waals surface area (Å²) in [5.41, 5.74) is 0.404. The van der Waals surface area contributed by atoms with E-state index in [1.54, 1.807) is 13.2 Å². The highest BCUT2D eigenvalue weighted by molar-refractivity contribution is 5.65. The topological polar surface area (TPSA) is 62.2 Å². The van der Waals surface area contributed by atoms with E-state index in [9.17, 15) is 10.2 Å². The lowest BCUT2D eigenvalue weighted by molar-refractivity contribution is -0.244. The number of fused-ring (bicyclic) bond motifs is 1. The number of benzene rings is 1. The largest absolute Gasteiger partial charge is 0.504 e. The van der Waals surface area contributed by atoms with Crippen LogP contribution in [0.25, 0.3) is 0 Å². The highest BCUT2D eigenvalue weighted by Gasteiger charge is 2.80. The minimum Gasteiger partial charge on any atom is -0.504 e. The summed E-state index contributed by atoms with van der Waals surface area (Å²) >= 11 is 0. The molecule has 6 atom stereocenters. The molecule has 1 saturated heterocycles. The summed E-state index contributed by atoms with van der Waals surface area (Å²) in [5, 5.41) is 22.0. The molecule has 2 N–H and O–H groups in total. The zero-order chi connectivity index (χ0) is 21.1. The van der Waals surface area contributed by atoms with Crippen molar-refractivity contribution in [3.63, 3.8) is 0 Å². The number of hydrogen-bond donors (Lipinski definition) is 2. The summed E-state index contributed by atoms with van der Waals surface area (Å²) in [4.78, 5) is 2.56.